The number of anilines is 3. The van der Waals surface area contributed by atoms with Gasteiger partial charge in [-0.1, -0.05) is 31.2 Å². The van der Waals surface area contributed by atoms with E-state index in [-0.39, 0.29) is 5.91 Å². The standard InChI is InChI=1S/C31H40N4O2/c1-5-18-34(4)19-8-21-37-30-22-25(13-16-27(30)24-11-14-26(32-3)15-12-24)31(36)35-20-17-23(2)33-28-9-6-7-10-29(28)35/h6-7,9-16,22-23,32-33H,5,8,17-21H2,1-4H3/t23-/m1/s1. The molecule has 0 saturated carbocycles. The van der Waals surface area contributed by atoms with Gasteiger partial charge in [0.2, 0.25) is 0 Å². The van der Waals surface area contributed by atoms with Gasteiger partial charge in [0.05, 0.1) is 18.0 Å². The molecule has 3 aromatic rings. The average Bonchev–Trinajstić information content (AvgIpc) is 3.09. The van der Waals surface area contributed by atoms with Crippen LogP contribution in [-0.4, -0.2) is 57.2 Å². The topological polar surface area (TPSA) is 56.8 Å². The van der Waals surface area contributed by atoms with E-state index >= 15 is 0 Å². The van der Waals surface area contributed by atoms with Crippen LogP contribution in [0, 0.1) is 0 Å². The molecule has 0 saturated heterocycles. The molecule has 1 heterocycles. The van der Waals surface area contributed by atoms with Crippen molar-refractivity contribution >= 4 is 23.0 Å². The van der Waals surface area contributed by atoms with Gasteiger partial charge in [0.15, 0.2) is 0 Å². The maximum atomic E-state index is 13.8. The number of benzene rings is 3. The minimum absolute atomic E-state index is 0.00652. The third-order valence-electron chi connectivity index (χ3n) is 6.89. The summed E-state index contributed by atoms with van der Waals surface area (Å²) in [4.78, 5) is 18.0. The molecule has 0 bridgehead atoms. The molecule has 0 unspecified atom stereocenters. The minimum Gasteiger partial charge on any atom is -0.493 e. The van der Waals surface area contributed by atoms with Crippen molar-refractivity contribution in [2.45, 2.75) is 39.2 Å². The van der Waals surface area contributed by atoms with Gasteiger partial charge in [-0.05, 0) is 87.8 Å². The molecule has 3 aromatic carbocycles. The van der Waals surface area contributed by atoms with Gasteiger partial charge < -0.3 is 25.2 Å². The zero-order chi connectivity index (χ0) is 26.2. The molecule has 1 aliphatic heterocycles. The van der Waals surface area contributed by atoms with Crippen molar-refractivity contribution < 1.29 is 9.53 Å². The fourth-order valence-electron chi connectivity index (χ4n) is 4.82. The van der Waals surface area contributed by atoms with Crippen LogP contribution in [0.2, 0.25) is 0 Å². The highest BCUT2D eigenvalue weighted by molar-refractivity contribution is 6.08. The third-order valence-corrected chi connectivity index (χ3v) is 6.89. The Bertz CT molecular complexity index is 1180. The van der Waals surface area contributed by atoms with Gasteiger partial charge in [0.25, 0.3) is 5.91 Å². The van der Waals surface area contributed by atoms with Crippen molar-refractivity contribution in [2.24, 2.45) is 0 Å². The van der Waals surface area contributed by atoms with Crippen LogP contribution in [0.5, 0.6) is 5.75 Å². The number of nitrogens with zero attached hydrogens (tertiary/aromatic N) is 2. The molecule has 0 aliphatic carbocycles. The van der Waals surface area contributed by atoms with E-state index in [2.05, 4.69) is 60.7 Å². The summed E-state index contributed by atoms with van der Waals surface area (Å²) in [6, 6.07) is 22.5. The summed E-state index contributed by atoms with van der Waals surface area (Å²) in [5, 5.41) is 6.70. The number of amides is 1. The number of ether oxygens (including phenoxy) is 1. The summed E-state index contributed by atoms with van der Waals surface area (Å²) >= 11 is 0. The number of carbonyl (C=O) groups is 1. The normalized spacial score (nSPS) is 15.1. The highest BCUT2D eigenvalue weighted by atomic mass is 16.5. The van der Waals surface area contributed by atoms with Crippen LogP contribution in [0.15, 0.2) is 66.7 Å². The number of rotatable bonds is 10. The Balaban J connectivity index is 1.61. The SMILES string of the molecule is CCCN(C)CCCOc1cc(C(=O)N2CC[C@@H](C)Nc3ccccc32)ccc1-c1ccc(NC)cc1. The predicted octanol–water partition coefficient (Wildman–Crippen LogP) is 6.36. The molecule has 196 valence electrons. The quantitative estimate of drug-likeness (QED) is 0.317. The highest BCUT2D eigenvalue weighted by Gasteiger charge is 2.25. The van der Waals surface area contributed by atoms with Gasteiger partial charge in [-0.3, -0.25) is 4.79 Å². The summed E-state index contributed by atoms with van der Waals surface area (Å²) in [7, 11) is 4.06. The fourth-order valence-corrected chi connectivity index (χ4v) is 4.82. The second-order valence-corrected chi connectivity index (χ2v) is 9.85. The van der Waals surface area contributed by atoms with Gasteiger partial charge in [0.1, 0.15) is 5.75 Å². The van der Waals surface area contributed by atoms with Gasteiger partial charge in [-0.2, -0.15) is 0 Å². The second kappa shape index (κ2) is 12.6. The number of para-hydroxylation sites is 2. The zero-order valence-electron chi connectivity index (χ0n) is 22.6. The molecule has 0 radical (unpaired) electrons. The van der Waals surface area contributed by atoms with Gasteiger partial charge in [-0.15, -0.1) is 0 Å². The first-order valence-electron chi connectivity index (χ1n) is 13.4. The molecule has 0 aromatic heterocycles. The summed E-state index contributed by atoms with van der Waals surface area (Å²) in [6.07, 6.45) is 2.95. The van der Waals surface area contributed by atoms with E-state index in [1.165, 1.54) is 0 Å². The van der Waals surface area contributed by atoms with Crippen LogP contribution >= 0.6 is 0 Å². The van der Waals surface area contributed by atoms with E-state index in [0.29, 0.717) is 24.8 Å². The van der Waals surface area contributed by atoms with Crippen LogP contribution in [0.1, 0.15) is 43.5 Å². The van der Waals surface area contributed by atoms with Gasteiger partial charge in [-0.25, -0.2) is 0 Å². The van der Waals surface area contributed by atoms with Crippen LogP contribution in [-0.2, 0) is 0 Å². The summed E-state index contributed by atoms with van der Waals surface area (Å²) in [5.74, 6) is 0.740. The first kappa shape index (κ1) is 26.6. The maximum Gasteiger partial charge on any atom is 0.258 e. The van der Waals surface area contributed by atoms with Crippen LogP contribution < -0.4 is 20.3 Å². The Labute approximate surface area is 221 Å². The van der Waals surface area contributed by atoms with E-state index in [1.54, 1.807) is 0 Å². The molecule has 1 amide bonds. The number of hydrogen-bond donors (Lipinski definition) is 2. The monoisotopic (exact) mass is 500 g/mol. The summed E-state index contributed by atoms with van der Waals surface area (Å²) in [6.45, 7) is 7.67. The molecular weight excluding hydrogens is 460 g/mol. The van der Waals surface area contributed by atoms with E-state index in [0.717, 1.165) is 66.3 Å². The molecule has 1 atom stereocenters. The minimum atomic E-state index is -0.00652. The summed E-state index contributed by atoms with van der Waals surface area (Å²) < 4.78 is 6.34. The Kier molecular flexibility index (Phi) is 9.07. The second-order valence-electron chi connectivity index (χ2n) is 9.85. The molecule has 0 fully saturated rings. The third kappa shape index (κ3) is 6.63. The molecular formula is C31H40N4O2. The van der Waals surface area contributed by atoms with Crippen LogP contribution in [0.25, 0.3) is 11.1 Å². The number of hydrogen-bond acceptors (Lipinski definition) is 5. The van der Waals surface area contributed by atoms with Crippen molar-refractivity contribution in [1.29, 1.82) is 0 Å². The molecule has 2 N–H and O–H groups in total. The van der Waals surface area contributed by atoms with Crippen LogP contribution in [0.4, 0.5) is 17.1 Å². The van der Waals surface area contributed by atoms with Crippen LogP contribution in [0.3, 0.4) is 0 Å². The largest absolute Gasteiger partial charge is 0.493 e. The van der Waals surface area contributed by atoms with E-state index in [4.69, 9.17) is 4.74 Å². The zero-order valence-corrected chi connectivity index (χ0v) is 22.6. The number of carbonyl (C=O) groups excluding carboxylic acids is 1. The highest BCUT2D eigenvalue weighted by Crippen LogP contribution is 2.35. The Morgan fingerprint density at radius 3 is 2.65 bits per heavy atom. The first-order valence-corrected chi connectivity index (χ1v) is 13.4. The lowest BCUT2D eigenvalue weighted by atomic mass is 10.0. The van der Waals surface area contributed by atoms with Gasteiger partial charge >= 0.3 is 0 Å². The Morgan fingerprint density at radius 1 is 1.11 bits per heavy atom. The van der Waals surface area contributed by atoms with E-state index in [1.807, 2.05) is 54.4 Å². The lowest BCUT2D eigenvalue weighted by molar-refractivity contribution is 0.0986. The number of fused-ring (bicyclic) bond motifs is 1. The smallest absolute Gasteiger partial charge is 0.258 e. The first-order chi connectivity index (χ1) is 18.0. The average molecular weight is 501 g/mol. The van der Waals surface area contributed by atoms with E-state index in [9.17, 15) is 4.79 Å². The predicted molar refractivity (Wildman–Crippen MR) is 155 cm³/mol. The number of nitrogens with one attached hydrogen (secondary N) is 2. The molecule has 1 aliphatic rings. The lowest BCUT2D eigenvalue weighted by Gasteiger charge is -2.23. The Morgan fingerprint density at radius 2 is 1.89 bits per heavy atom. The maximum absolute atomic E-state index is 13.8. The van der Waals surface area contributed by atoms with E-state index < -0.39 is 0 Å². The molecule has 4 rings (SSSR count). The van der Waals surface area contributed by atoms with Crippen molar-refractivity contribution in [1.82, 2.24) is 4.90 Å². The molecule has 0 spiro atoms. The molecule has 6 heteroatoms. The molecule has 37 heavy (non-hydrogen) atoms. The molecule has 6 nitrogen and oxygen atoms in total. The van der Waals surface area contributed by atoms with Crippen molar-refractivity contribution in [3.05, 3.63) is 72.3 Å². The van der Waals surface area contributed by atoms with Gasteiger partial charge in [0, 0.05) is 43.0 Å². The van der Waals surface area contributed by atoms with Crippen molar-refractivity contribution in [3.63, 3.8) is 0 Å². The Hall–Kier alpha value is -3.51. The van der Waals surface area contributed by atoms with Crippen molar-refractivity contribution in [3.8, 4) is 16.9 Å². The van der Waals surface area contributed by atoms with Crippen molar-refractivity contribution in [2.75, 3.05) is 55.9 Å². The summed E-state index contributed by atoms with van der Waals surface area (Å²) in [5.41, 5.74) is 5.67. The lowest BCUT2D eigenvalue weighted by Crippen LogP contribution is -2.32. The fraction of sp³-hybridized carbons (Fsp3) is 0.387.